The van der Waals surface area contributed by atoms with E-state index in [1.807, 2.05) is 12.3 Å². The predicted molar refractivity (Wildman–Crippen MR) is 122 cm³/mol. The van der Waals surface area contributed by atoms with Crippen LogP contribution in [-0.4, -0.2) is 60.5 Å². The number of benzene rings is 1. The van der Waals surface area contributed by atoms with Gasteiger partial charge >= 0.3 is 0 Å². The van der Waals surface area contributed by atoms with Crippen LogP contribution in [0.2, 0.25) is 0 Å². The number of hydrogen-bond donors (Lipinski definition) is 1. The van der Waals surface area contributed by atoms with E-state index in [1.54, 1.807) is 0 Å². The molecular weight excluding hydrogens is 390 g/mol. The summed E-state index contributed by atoms with van der Waals surface area (Å²) in [6.07, 6.45) is 3.73. The van der Waals surface area contributed by atoms with E-state index in [1.165, 1.54) is 10.9 Å². The molecule has 2 fully saturated rings. The molecule has 0 bridgehead atoms. The Labute approximate surface area is 182 Å². The summed E-state index contributed by atoms with van der Waals surface area (Å²) in [5.74, 6) is 2.05. The molecular formula is C24H29N5O2. The summed E-state index contributed by atoms with van der Waals surface area (Å²) < 4.78 is 11.4. The second-order valence-electron chi connectivity index (χ2n) is 8.24. The molecule has 3 aromatic rings. The van der Waals surface area contributed by atoms with E-state index in [0.717, 1.165) is 68.7 Å². The molecule has 162 valence electrons. The van der Waals surface area contributed by atoms with Gasteiger partial charge in [0, 0.05) is 42.4 Å². The number of para-hydroxylation sites is 1. The highest BCUT2D eigenvalue weighted by Crippen LogP contribution is 2.26. The predicted octanol–water partition coefficient (Wildman–Crippen LogP) is 3.09. The topological polar surface area (TPSA) is 72.4 Å². The Morgan fingerprint density at radius 3 is 2.81 bits per heavy atom. The van der Waals surface area contributed by atoms with Gasteiger partial charge in [-0.3, -0.25) is 4.98 Å². The third kappa shape index (κ3) is 4.48. The van der Waals surface area contributed by atoms with E-state index in [-0.39, 0.29) is 6.04 Å². The van der Waals surface area contributed by atoms with Gasteiger partial charge in [-0.15, -0.1) is 0 Å². The molecule has 2 aliphatic rings. The van der Waals surface area contributed by atoms with E-state index < -0.39 is 0 Å². The van der Waals surface area contributed by atoms with Gasteiger partial charge in [0.15, 0.2) is 0 Å². The first-order valence-corrected chi connectivity index (χ1v) is 11.2. The average molecular weight is 420 g/mol. The molecule has 7 nitrogen and oxygen atoms in total. The molecule has 0 aliphatic carbocycles. The van der Waals surface area contributed by atoms with Crippen LogP contribution < -0.4 is 10.2 Å². The van der Waals surface area contributed by atoms with Crippen LogP contribution in [0.25, 0.3) is 10.9 Å². The van der Waals surface area contributed by atoms with Gasteiger partial charge in [-0.2, -0.15) is 4.98 Å². The third-order valence-electron chi connectivity index (χ3n) is 6.18. The van der Waals surface area contributed by atoms with Crippen LogP contribution in [0.3, 0.4) is 0 Å². The van der Waals surface area contributed by atoms with Crippen LogP contribution in [0.5, 0.6) is 0 Å². The molecule has 2 saturated heterocycles. The highest BCUT2D eigenvalue weighted by molar-refractivity contribution is 5.81. The lowest BCUT2D eigenvalue weighted by molar-refractivity contribution is 0.122. The number of nitrogens with one attached hydrogen (secondary N) is 1. The van der Waals surface area contributed by atoms with Crippen molar-refractivity contribution in [3.63, 3.8) is 0 Å². The zero-order valence-corrected chi connectivity index (χ0v) is 18.0. The lowest BCUT2D eigenvalue weighted by Crippen LogP contribution is -2.38. The molecule has 7 heteroatoms. The van der Waals surface area contributed by atoms with Crippen molar-refractivity contribution in [3.8, 4) is 0 Å². The smallest absolute Gasteiger partial charge is 0.227 e. The van der Waals surface area contributed by atoms with Gasteiger partial charge in [-0.25, -0.2) is 4.98 Å². The first-order chi connectivity index (χ1) is 15.3. The normalized spacial score (nSPS) is 21.5. The highest BCUT2D eigenvalue weighted by atomic mass is 16.5. The summed E-state index contributed by atoms with van der Waals surface area (Å²) >= 11 is 0. The highest BCUT2D eigenvalue weighted by Gasteiger charge is 2.29. The molecule has 0 radical (unpaired) electrons. The second kappa shape index (κ2) is 9.16. The number of anilines is 2. The molecule has 0 unspecified atom stereocenters. The summed E-state index contributed by atoms with van der Waals surface area (Å²) in [5, 5.41) is 4.89. The van der Waals surface area contributed by atoms with Gasteiger partial charge in [-0.1, -0.05) is 25.1 Å². The van der Waals surface area contributed by atoms with Crippen molar-refractivity contribution in [1.29, 1.82) is 0 Å². The Hall–Kier alpha value is -2.77. The van der Waals surface area contributed by atoms with E-state index in [2.05, 4.69) is 52.5 Å². The molecule has 1 N–H and O–H groups in total. The fourth-order valence-electron chi connectivity index (χ4n) is 4.41. The molecule has 31 heavy (non-hydrogen) atoms. The minimum Gasteiger partial charge on any atom is -0.379 e. The van der Waals surface area contributed by atoms with E-state index in [4.69, 9.17) is 19.4 Å². The average Bonchev–Trinajstić information content (AvgIpc) is 3.26. The van der Waals surface area contributed by atoms with Crippen molar-refractivity contribution in [3.05, 3.63) is 53.9 Å². The number of nitrogens with zero attached hydrogens (tertiary/aromatic N) is 4. The van der Waals surface area contributed by atoms with Crippen molar-refractivity contribution in [2.24, 2.45) is 5.92 Å². The summed E-state index contributed by atoms with van der Waals surface area (Å²) in [6.45, 7) is 6.67. The van der Waals surface area contributed by atoms with Crippen molar-refractivity contribution < 1.29 is 9.47 Å². The number of aromatic nitrogens is 3. The molecule has 2 aliphatic heterocycles. The van der Waals surface area contributed by atoms with E-state index >= 15 is 0 Å². The quantitative estimate of drug-likeness (QED) is 0.658. The van der Waals surface area contributed by atoms with Crippen LogP contribution in [0, 0.1) is 5.92 Å². The maximum absolute atomic E-state index is 5.88. The molecule has 0 amide bonds. The Morgan fingerprint density at radius 2 is 1.94 bits per heavy atom. The van der Waals surface area contributed by atoms with Crippen molar-refractivity contribution in [2.75, 3.05) is 49.7 Å². The number of morpholine rings is 1. The van der Waals surface area contributed by atoms with Crippen LogP contribution >= 0.6 is 0 Å². The van der Waals surface area contributed by atoms with E-state index in [0.29, 0.717) is 12.5 Å². The lowest BCUT2D eigenvalue weighted by Gasteiger charge is -2.28. The molecule has 5 rings (SSSR count). The Kier molecular flexibility index (Phi) is 5.95. The molecule has 2 aromatic heterocycles. The summed E-state index contributed by atoms with van der Waals surface area (Å²) in [7, 11) is 0. The number of aryl methyl sites for hydroxylation is 1. The van der Waals surface area contributed by atoms with Gasteiger partial charge in [0.05, 0.1) is 38.0 Å². The maximum atomic E-state index is 5.88. The minimum atomic E-state index is 0.212. The zero-order chi connectivity index (χ0) is 21.0. The standard InChI is InChI=1S/C24H29N5O2/c1-2-19-14-23(28-24(26-19)29-9-11-30-12-10-29)27-22-16-31-15-18(22)13-17-7-8-25-21-6-4-3-5-20(17)21/h3-8,14,18,22H,2,9-13,15-16H2,1H3,(H,26,27,28)/t18-,22-/m1/s1. The van der Waals surface area contributed by atoms with Crippen molar-refractivity contribution in [2.45, 2.75) is 25.8 Å². The fraction of sp³-hybridized carbons (Fsp3) is 0.458. The van der Waals surface area contributed by atoms with E-state index in [9.17, 15) is 0 Å². The second-order valence-corrected chi connectivity index (χ2v) is 8.24. The number of pyridine rings is 1. The van der Waals surface area contributed by atoms with Crippen LogP contribution in [0.4, 0.5) is 11.8 Å². The number of ether oxygens (including phenoxy) is 2. The lowest BCUT2D eigenvalue weighted by atomic mass is 9.93. The van der Waals surface area contributed by atoms with Gasteiger partial charge < -0.3 is 19.7 Å². The molecule has 1 aromatic carbocycles. The molecule has 2 atom stereocenters. The Balaban J connectivity index is 1.35. The van der Waals surface area contributed by atoms with Crippen molar-refractivity contribution in [1.82, 2.24) is 15.0 Å². The van der Waals surface area contributed by atoms with Gasteiger partial charge in [0.25, 0.3) is 0 Å². The molecule has 4 heterocycles. The van der Waals surface area contributed by atoms with Crippen LogP contribution in [0.15, 0.2) is 42.6 Å². The maximum Gasteiger partial charge on any atom is 0.227 e. The fourth-order valence-corrected chi connectivity index (χ4v) is 4.41. The Bertz CT molecular complexity index is 1030. The first-order valence-electron chi connectivity index (χ1n) is 11.2. The Morgan fingerprint density at radius 1 is 1.06 bits per heavy atom. The van der Waals surface area contributed by atoms with Gasteiger partial charge in [-0.05, 0) is 30.5 Å². The van der Waals surface area contributed by atoms with Crippen LogP contribution in [-0.2, 0) is 22.3 Å². The van der Waals surface area contributed by atoms with Gasteiger partial charge in [0.2, 0.25) is 5.95 Å². The number of rotatable bonds is 6. The van der Waals surface area contributed by atoms with Crippen LogP contribution in [0.1, 0.15) is 18.2 Å². The summed E-state index contributed by atoms with van der Waals surface area (Å²) in [4.78, 5) is 16.3. The largest absolute Gasteiger partial charge is 0.379 e. The monoisotopic (exact) mass is 419 g/mol. The number of hydrogen-bond acceptors (Lipinski definition) is 7. The summed E-state index contributed by atoms with van der Waals surface area (Å²) in [6, 6.07) is 12.8. The molecule has 0 spiro atoms. The zero-order valence-electron chi connectivity index (χ0n) is 18.0. The summed E-state index contributed by atoms with van der Waals surface area (Å²) in [5.41, 5.74) is 3.41. The molecule has 0 saturated carbocycles. The van der Waals surface area contributed by atoms with Gasteiger partial charge in [0.1, 0.15) is 5.82 Å². The first kappa shape index (κ1) is 20.2. The SMILES string of the molecule is CCc1cc(N[C@@H]2COC[C@H]2Cc2ccnc3ccccc23)nc(N2CCOCC2)n1. The van der Waals surface area contributed by atoms with Crippen molar-refractivity contribution >= 4 is 22.7 Å². The number of fused-ring (bicyclic) bond motifs is 1. The third-order valence-corrected chi connectivity index (χ3v) is 6.18. The minimum absolute atomic E-state index is 0.212.